The van der Waals surface area contributed by atoms with Crippen molar-refractivity contribution in [1.82, 2.24) is 0 Å². The van der Waals surface area contributed by atoms with Crippen LogP contribution in [0.4, 0.5) is 0 Å². The van der Waals surface area contributed by atoms with E-state index in [1.54, 1.807) is 54.4 Å². The maximum Gasteiger partial charge on any atom is 0.500 e. The molecule has 0 fully saturated rings. The first-order valence-corrected chi connectivity index (χ1v) is 20.3. The van der Waals surface area contributed by atoms with Crippen molar-refractivity contribution in [2.45, 2.75) is 102 Å². The van der Waals surface area contributed by atoms with Crippen molar-refractivity contribution in [3.63, 3.8) is 0 Å². The Bertz CT molecular complexity index is 569. The van der Waals surface area contributed by atoms with Gasteiger partial charge in [-0.2, -0.15) is 0 Å². The molecule has 15 heteroatoms. The molecule has 0 spiro atoms. The van der Waals surface area contributed by atoms with E-state index in [2.05, 4.69) is 0 Å². The molecule has 260 valence electrons. The fourth-order valence-corrected chi connectivity index (χ4v) is 10.2. The summed E-state index contributed by atoms with van der Waals surface area (Å²) in [5, 5.41) is -0.630. The molecule has 0 heterocycles. The molecule has 0 saturated carbocycles. The molecule has 0 N–H and O–H groups in total. The maximum atomic E-state index is 6.32. The summed E-state index contributed by atoms with van der Waals surface area (Å²) in [4.78, 5) is 0. The first kappa shape index (κ1) is 43.3. The molecule has 0 aliphatic carbocycles. The Morgan fingerprint density at radius 3 is 0.860 bits per heavy atom. The minimum Gasteiger partial charge on any atom is -0.377 e. The van der Waals surface area contributed by atoms with Crippen molar-refractivity contribution in [3.05, 3.63) is 0 Å². The van der Waals surface area contributed by atoms with Crippen LogP contribution in [0.2, 0.25) is 12.1 Å². The predicted octanol–water partition coefficient (Wildman–Crippen LogP) is 5.30. The van der Waals surface area contributed by atoms with Gasteiger partial charge in [0, 0.05) is 94.4 Å². The number of hydrogen-bond donors (Lipinski definition) is 0. The number of ether oxygens (including phenoxy) is 6. The molecular weight excluding hydrogens is 617 g/mol. The Morgan fingerprint density at radius 1 is 0.442 bits per heavy atom. The molecule has 0 aromatic rings. The monoisotopic (exact) mass is 678 g/mol. The molecule has 0 aromatic carbocycles. The van der Waals surface area contributed by atoms with Crippen molar-refractivity contribution in [2.24, 2.45) is 0 Å². The summed E-state index contributed by atoms with van der Waals surface area (Å²) in [6.07, 6.45) is 2.69. The van der Waals surface area contributed by atoms with Gasteiger partial charge in [0.15, 0.2) is 0 Å². The lowest BCUT2D eigenvalue weighted by atomic mass is 10.2. The summed E-state index contributed by atoms with van der Waals surface area (Å²) in [5.74, 6) is -2.64. The summed E-state index contributed by atoms with van der Waals surface area (Å²) < 4.78 is 72.1. The Labute approximate surface area is 268 Å². The van der Waals surface area contributed by atoms with E-state index in [4.69, 9.17) is 55.0 Å². The average Bonchev–Trinajstić information content (AvgIpc) is 3.01. The van der Waals surface area contributed by atoms with Crippen LogP contribution in [0.3, 0.4) is 0 Å². The lowest BCUT2D eigenvalue weighted by Gasteiger charge is -2.44. The van der Waals surface area contributed by atoms with Crippen LogP contribution in [0.1, 0.15) is 67.2 Å². The highest BCUT2D eigenvalue weighted by Gasteiger charge is 2.51. The number of hydrogen-bond acceptors (Lipinski definition) is 13. The summed E-state index contributed by atoms with van der Waals surface area (Å²) in [6.45, 7) is 14.0. The zero-order chi connectivity index (χ0) is 32.8. The molecule has 2 unspecified atom stereocenters. The van der Waals surface area contributed by atoms with E-state index in [9.17, 15) is 0 Å². The zero-order valence-electron chi connectivity index (χ0n) is 28.9. The van der Waals surface area contributed by atoms with Gasteiger partial charge in [-0.15, -0.1) is 11.8 Å². The van der Waals surface area contributed by atoms with E-state index < -0.39 is 29.6 Å². The van der Waals surface area contributed by atoms with E-state index in [1.807, 2.05) is 41.5 Å². The molecule has 0 saturated heterocycles. The molecule has 0 aromatic heterocycles. The van der Waals surface area contributed by atoms with Crippen LogP contribution in [0.5, 0.6) is 0 Å². The first-order chi connectivity index (χ1) is 20.6. The lowest BCUT2D eigenvalue weighted by Crippen LogP contribution is -2.54. The van der Waals surface area contributed by atoms with E-state index >= 15 is 0 Å². The molecule has 0 amide bonds. The fourth-order valence-electron chi connectivity index (χ4n) is 4.99. The SMILES string of the molecule is CCOC(OCC)(OCC)C(CCC[Si](OC)(OC)OC)SC(CCC[Si](OC)(OC)OC)C(OCC)(OCC)OCC. The lowest BCUT2D eigenvalue weighted by molar-refractivity contribution is -0.380. The van der Waals surface area contributed by atoms with Crippen LogP contribution in [0.15, 0.2) is 0 Å². The summed E-state index contributed by atoms with van der Waals surface area (Å²) in [7, 11) is 4.11. The topological polar surface area (TPSA) is 111 Å². The minimum atomic E-state index is -2.81. The molecule has 0 aliphatic heterocycles. The zero-order valence-corrected chi connectivity index (χ0v) is 31.8. The molecule has 12 nitrogen and oxygen atoms in total. The van der Waals surface area contributed by atoms with Crippen LogP contribution in [-0.4, -0.2) is 122 Å². The van der Waals surface area contributed by atoms with Crippen molar-refractivity contribution in [3.8, 4) is 0 Å². The molecule has 0 radical (unpaired) electrons. The quantitative estimate of drug-likeness (QED) is 0.0725. The highest BCUT2D eigenvalue weighted by Crippen LogP contribution is 2.43. The van der Waals surface area contributed by atoms with Gasteiger partial charge < -0.3 is 55.0 Å². The van der Waals surface area contributed by atoms with Gasteiger partial charge in [-0.1, -0.05) is 0 Å². The second-order valence-electron chi connectivity index (χ2n) is 9.29. The Morgan fingerprint density at radius 2 is 0.674 bits per heavy atom. The van der Waals surface area contributed by atoms with Crippen LogP contribution >= 0.6 is 11.8 Å². The third kappa shape index (κ3) is 13.1. The third-order valence-corrected chi connectivity index (χ3v) is 14.3. The Hall–Kier alpha value is 0.304. The van der Waals surface area contributed by atoms with Gasteiger partial charge in [0.05, 0.1) is 10.5 Å². The minimum absolute atomic E-state index is 0.315. The van der Waals surface area contributed by atoms with Crippen LogP contribution in [0, 0.1) is 0 Å². The molecule has 0 bridgehead atoms. The Balaban J connectivity index is 6.78. The van der Waals surface area contributed by atoms with E-state index in [-0.39, 0.29) is 10.5 Å². The van der Waals surface area contributed by atoms with E-state index in [1.165, 1.54) is 0 Å². The highest BCUT2D eigenvalue weighted by molar-refractivity contribution is 8.00. The second-order valence-corrected chi connectivity index (χ2v) is 16.9. The largest absolute Gasteiger partial charge is 0.500 e. The standard InChI is InChI=1S/C28H62O12SSi2/c1-13-35-27(36-14-2,37-15-3)25(21-19-23-42(29-7,30-8)31-9)41-26(22-20-24-43(32-10,33-11)34-12)28(38-16-4,39-17-5)40-18-6/h25-26H,13-24H2,1-12H3. The van der Waals surface area contributed by atoms with E-state index in [0.29, 0.717) is 77.4 Å². The van der Waals surface area contributed by atoms with Crippen molar-refractivity contribution in [1.29, 1.82) is 0 Å². The van der Waals surface area contributed by atoms with Crippen LogP contribution in [0.25, 0.3) is 0 Å². The first-order valence-electron chi connectivity index (χ1n) is 15.4. The number of rotatable bonds is 30. The van der Waals surface area contributed by atoms with Crippen molar-refractivity contribution in [2.75, 3.05) is 82.3 Å². The molecule has 2 atom stereocenters. The van der Waals surface area contributed by atoms with E-state index in [0.717, 1.165) is 0 Å². The van der Waals surface area contributed by atoms with Crippen LogP contribution in [-0.2, 0) is 55.0 Å². The van der Waals surface area contributed by atoms with Gasteiger partial charge in [-0.25, -0.2) is 0 Å². The van der Waals surface area contributed by atoms with Gasteiger partial charge in [-0.05, 0) is 67.2 Å². The third-order valence-electron chi connectivity index (χ3n) is 6.95. The Kier molecular flexibility index (Phi) is 23.8. The van der Waals surface area contributed by atoms with Gasteiger partial charge >= 0.3 is 17.6 Å². The summed E-state index contributed by atoms with van der Waals surface area (Å²) in [5.41, 5.74) is 0. The smallest absolute Gasteiger partial charge is 0.377 e. The average molecular weight is 679 g/mol. The highest BCUT2D eigenvalue weighted by atomic mass is 32.2. The molecular formula is C28H62O12SSi2. The van der Waals surface area contributed by atoms with Crippen LogP contribution < -0.4 is 0 Å². The molecule has 0 rings (SSSR count). The van der Waals surface area contributed by atoms with Gasteiger partial charge in [-0.3, -0.25) is 0 Å². The molecule has 43 heavy (non-hydrogen) atoms. The second kappa shape index (κ2) is 23.6. The van der Waals surface area contributed by atoms with Gasteiger partial charge in [0.25, 0.3) is 11.9 Å². The van der Waals surface area contributed by atoms with Crippen molar-refractivity contribution < 1.29 is 55.0 Å². The summed E-state index contributed by atoms with van der Waals surface area (Å²) >= 11 is 1.63. The van der Waals surface area contributed by atoms with Gasteiger partial charge in [0.1, 0.15) is 0 Å². The predicted molar refractivity (Wildman–Crippen MR) is 172 cm³/mol. The number of thioether (sulfide) groups is 1. The van der Waals surface area contributed by atoms with Gasteiger partial charge in [0.2, 0.25) is 0 Å². The normalized spacial score (nSPS) is 14.8. The fraction of sp³-hybridized carbons (Fsp3) is 1.00. The van der Waals surface area contributed by atoms with Crippen molar-refractivity contribution >= 4 is 29.4 Å². The molecule has 0 aliphatic rings. The summed E-state index contributed by atoms with van der Waals surface area (Å²) in [6, 6.07) is 1.21. The maximum absolute atomic E-state index is 6.32.